The Hall–Kier alpha value is -1.45. The molecule has 0 N–H and O–H groups in total. The van der Waals surface area contributed by atoms with Crippen molar-refractivity contribution in [3.63, 3.8) is 0 Å². The number of rotatable bonds is 3. The van der Waals surface area contributed by atoms with E-state index in [4.69, 9.17) is 0 Å². The Kier molecular flexibility index (Phi) is 2.60. The minimum atomic E-state index is -0.116. The van der Waals surface area contributed by atoms with Crippen LogP contribution in [0.2, 0.25) is 0 Å². The first-order valence-corrected chi connectivity index (χ1v) is 4.16. The molecule has 0 amide bonds. The van der Waals surface area contributed by atoms with Crippen LogP contribution in [0.3, 0.4) is 0 Å². The largest absolute Gasteiger partial charge is 0.293 e. The molecule has 0 atom stereocenters. The smallest absolute Gasteiger partial charge is 0.180 e. The van der Waals surface area contributed by atoms with E-state index in [0.29, 0.717) is 17.9 Å². The van der Waals surface area contributed by atoms with Crippen molar-refractivity contribution in [3.8, 4) is 0 Å². The van der Waals surface area contributed by atoms with Gasteiger partial charge in [-0.15, -0.1) is 0 Å². The molecule has 0 unspecified atom stereocenters. The Morgan fingerprint density at radius 2 is 2.00 bits per heavy atom. The van der Waals surface area contributed by atoms with E-state index < -0.39 is 0 Å². The van der Waals surface area contributed by atoms with E-state index in [2.05, 4.69) is 5.10 Å². The maximum atomic E-state index is 11.1. The second-order valence-electron chi connectivity index (χ2n) is 2.84. The first kappa shape index (κ1) is 9.64. The number of carbonyl (C=O) groups excluding carboxylic acids is 2. The highest BCUT2D eigenvalue weighted by Crippen LogP contribution is 2.06. The lowest BCUT2D eigenvalue weighted by Crippen LogP contribution is -2.06. The van der Waals surface area contributed by atoms with Gasteiger partial charge in [0.15, 0.2) is 11.6 Å². The minimum absolute atomic E-state index is 0.0677. The van der Waals surface area contributed by atoms with E-state index >= 15 is 0 Å². The lowest BCUT2D eigenvalue weighted by atomic mass is 10.2. The summed E-state index contributed by atoms with van der Waals surface area (Å²) < 4.78 is 1.54. The van der Waals surface area contributed by atoms with Crippen LogP contribution in [0.15, 0.2) is 6.07 Å². The molecule has 1 heterocycles. The normalized spacial score (nSPS) is 10.1. The van der Waals surface area contributed by atoms with E-state index in [0.717, 1.165) is 0 Å². The molecule has 0 bridgehead atoms. The second-order valence-corrected chi connectivity index (χ2v) is 2.84. The molecule has 70 valence electrons. The summed E-state index contributed by atoms with van der Waals surface area (Å²) in [6.07, 6.45) is 0. The van der Waals surface area contributed by atoms with Gasteiger partial charge in [0.25, 0.3) is 0 Å². The van der Waals surface area contributed by atoms with E-state index in [1.165, 1.54) is 19.9 Å². The average Bonchev–Trinajstić information content (AvgIpc) is 2.47. The quantitative estimate of drug-likeness (QED) is 0.659. The zero-order valence-corrected chi connectivity index (χ0v) is 8.00. The number of hydrogen-bond acceptors (Lipinski definition) is 3. The summed E-state index contributed by atoms with van der Waals surface area (Å²) >= 11 is 0. The molecule has 1 rings (SSSR count). The Morgan fingerprint density at radius 3 is 2.31 bits per heavy atom. The number of aryl methyl sites for hydroxylation is 1. The van der Waals surface area contributed by atoms with Crippen LogP contribution in [-0.2, 0) is 6.54 Å². The Balaban J connectivity index is 3.19. The van der Waals surface area contributed by atoms with Crippen LogP contribution in [0.1, 0.15) is 41.7 Å². The van der Waals surface area contributed by atoms with Crippen molar-refractivity contribution in [2.45, 2.75) is 27.3 Å². The SMILES string of the molecule is CCn1nc(C(C)=O)cc1C(C)=O. The van der Waals surface area contributed by atoms with Crippen LogP contribution in [0.4, 0.5) is 0 Å². The number of ketones is 2. The molecule has 0 spiro atoms. The van der Waals surface area contributed by atoms with E-state index in [9.17, 15) is 9.59 Å². The molecule has 0 radical (unpaired) electrons. The Morgan fingerprint density at radius 1 is 1.38 bits per heavy atom. The zero-order valence-electron chi connectivity index (χ0n) is 8.00. The molecule has 0 aliphatic heterocycles. The Bertz CT molecular complexity index is 352. The third-order valence-corrected chi connectivity index (χ3v) is 1.80. The van der Waals surface area contributed by atoms with Crippen molar-refractivity contribution in [1.29, 1.82) is 0 Å². The molecule has 0 fully saturated rings. The number of hydrogen-bond donors (Lipinski definition) is 0. The molecule has 0 aliphatic rings. The van der Waals surface area contributed by atoms with Crippen molar-refractivity contribution in [1.82, 2.24) is 9.78 Å². The van der Waals surface area contributed by atoms with Gasteiger partial charge in [0.2, 0.25) is 0 Å². The molecule has 0 aliphatic carbocycles. The van der Waals surface area contributed by atoms with Gasteiger partial charge >= 0.3 is 0 Å². The van der Waals surface area contributed by atoms with E-state index in [1.54, 1.807) is 4.68 Å². The molecule has 4 heteroatoms. The summed E-state index contributed by atoms with van der Waals surface area (Å²) in [7, 11) is 0. The first-order chi connectivity index (χ1) is 6.06. The fourth-order valence-corrected chi connectivity index (χ4v) is 1.11. The third-order valence-electron chi connectivity index (χ3n) is 1.80. The van der Waals surface area contributed by atoms with Gasteiger partial charge in [0.05, 0.1) is 0 Å². The van der Waals surface area contributed by atoms with Crippen molar-refractivity contribution in [2.24, 2.45) is 0 Å². The van der Waals surface area contributed by atoms with E-state index in [-0.39, 0.29) is 11.6 Å². The monoisotopic (exact) mass is 180 g/mol. The van der Waals surface area contributed by atoms with Crippen LogP contribution in [0.5, 0.6) is 0 Å². The molecule has 0 aromatic carbocycles. The summed E-state index contributed by atoms with van der Waals surface area (Å²) in [5, 5.41) is 4.00. The number of aromatic nitrogens is 2. The van der Waals surface area contributed by atoms with Gasteiger partial charge in [0, 0.05) is 20.4 Å². The summed E-state index contributed by atoms with van der Waals surface area (Å²) in [5.41, 5.74) is 0.847. The summed E-state index contributed by atoms with van der Waals surface area (Å²) in [6, 6.07) is 1.54. The fourth-order valence-electron chi connectivity index (χ4n) is 1.11. The molecule has 4 nitrogen and oxygen atoms in total. The topological polar surface area (TPSA) is 52.0 Å². The average molecular weight is 180 g/mol. The minimum Gasteiger partial charge on any atom is -0.293 e. The van der Waals surface area contributed by atoms with Gasteiger partial charge in [0.1, 0.15) is 11.4 Å². The molecule has 0 saturated carbocycles. The van der Waals surface area contributed by atoms with Gasteiger partial charge in [-0.2, -0.15) is 5.10 Å². The first-order valence-electron chi connectivity index (χ1n) is 4.16. The highest BCUT2D eigenvalue weighted by Gasteiger charge is 2.12. The van der Waals surface area contributed by atoms with Gasteiger partial charge in [-0.1, -0.05) is 0 Å². The standard InChI is InChI=1S/C9H12N2O2/c1-4-11-9(7(3)13)5-8(10-11)6(2)12/h5H,4H2,1-3H3. The molecule has 13 heavy (non-hydrogen) atoms. The summed E-state index contributed by atoms with van der Waals surface area (Å²) in [4.78, 5) is 22.1. The summed E-state index contributed by atoms with van der Waals surface area (Å²) in [5.74, 6) is -0.184. The van der Waals surface area contributed by atoms with Crippen LogP contribution >= 0.6 is 0 Å². The predicted octanol–water partition coefficient (Wildman–Crippen LogP) is 1.31. The predicted molar refractivity (Wildman–Crippen MR) is 47.9 cm³/mol. The van der Waals surface area contributed by atoms with E-state index in [1.807, 2.05) is 6.92 Å². The molecule has 1 aromatic heterocycles. The van der Waals surface area contributed by atoms with Crippen molar-refractivity contribution in [2.75, 3.05) is 0 Å². The molecule has 0 saturated heterocycles. The number of carbonyl (C=O) groups is 2. The van der Waals surface area contributed by atoms with Gasteiger partial charge < -0.3 is 0 Å². The maximum Gasteiger partial charge on any atom is 0.180 e. The maximum absolute atomic E-state index is 11.1. The number of Topliss-reactive ketones (excluding diaryl/α,β-unsaturated/α-hetero) is 2. The van der Waals surface area contributed by atoms with Gasteiger partial charge in [-0.3, -0.25) is 14.3 Å². The molecular weight excluding hydrogens is 168 g/mol. The Labute approximate surface area is 76.6 Å². The van der Waals surface area contributed by atoms with Crippen LogP contribution < -0.4 is 0 Å². The van der Waals surface area contributed by atoms with Crippen molar-refractivity contribution >= 4 is 11.6 Å². The third kappa shape index (κ3) is 1.83. The van der Waals surface area contributed by atoms with Gasteiger partial charge in [-0.05, 0) is 13.0 Å². The van der Waals surface area contributed by atoms with Crippen LogP contribution in [0, 0.1) is 0 Å². The fraction of sp³-hybridized carbons (Fsp3) is 0.444. The summed E-state index contributed by atoms with van der Waals surface area (Å²) in [6.45, 7) is 5.38. The number of nitrogens with zero attached hydrogens (tertiary/aromatic N) is 2. The van der Waals surface area contributed by atoms with Crippen molar-refractivity contribution in [3.05, 3.63) is 17.5 Å². The molecular formula is C9H12N2O2. The lowest BCUT2D eigenvalue weighted by molar-refractivity contribution is 0.0997. The zero-order chi connectivity index (χ0) is 10.0. The second kappa shape index (κ2) is 3.51. The van der Waals surface area contributed by atoms with Crippen LogP contribution in [-0.4, -0.2) is 21.3 Å². The van der Waals surface area contributed by atoms with Crippen LogP contribution in [0.25, 0.3) is 0 Å². The highest BCUT2D eigenvalue weighted by molar-refractivity contribution is 5.97. The van der Waals surface area contributed by atoms with Gasteiger partial charge in [-0.25, -0.2) is 0 Å². The highest BCUT2D eigenvalue weighted by atomic mass is 16.1. The molecule has 1 aromatic rings. The lowest BCUT2D eigenvalue weighted by Gasteiger charge is -1.98. The van der Waals surface area contributed by atoms with Crippen molar-refractivity contribution < 1.29 is 9.59 Å².